The van der Waals surface area contributed by atoms with Crippen LogP contribution in [0.1, 0.15) is 83.5 Å². The van der Waals surface area contributed by atoms with Gasteiger partial charge in [0.1, 0.15) is 5.75 Å². The Morgan fingerprint density at radius 2 is 1.71 bits per heavy atom. The highest BCUT2D eigenvalue weighted by Gasteiger charge is 2.42. The number of amides is 1. The number of rotatable bonds is 12. The number of carbonyl (C=O) groups is 2. The minimum absolute atomic E-state index is 0.152. The van der Waals surface area contributed by atoms with Crippen LogP contribution in [0, 0.1) is 5.41 Å². The molecule has 1 amide bonds. The molecule has 0 spiro atoms. The number of nitrogens with one attached hydrogen (secondary N) is 1. The number of nitrogens with zero attached hydrogens (tertiary/aromatic N) is 1. The normalized spacial score (nSPS) is 16.9. The number of carboxylic acid groups (broad SMARTS) is 1. The van der Waals surface area contributed by atoms with Gasteiger partial charge in [-0.1, -0.05) is 39.5 Å². The molecule has 0 radical (unpaired) electrons. The summed E-state index contributed by atoms with van der Waals surface area (Å²) in [6, 6.07) is 11.0. The van der Waals surface area contributed by atoms with Crippen LogP contribution in [0.2, 0.25) is 0 Å². The molecule has 1 aliphatic heterocycles. The molecule has 2 aromatic rings. The molecule has 232 valence electrons. The molecule has 4 N–H and O–H groups in total. The van der Waals surface area contributed by atoms with Gasteiger partial charge in [0.2, 0.25) is 0 Å². The molecule has 42 heavy (non-hydrogen) atoms. The number of fused-ring (bicyclic) bond motifs is 1. The number of thioether (sulfide) groups is 1. The van der Waals surface area contributed by atoms with Gasteiger partial charge < -0.3 is 20.1 Å². The number of benzene rings is 2. The number of anilines is 2. The van der Waals surface area contributed by atoms with E-state index < -0.39 is 16.6 Å². The van der Waals surface area contributed by atoms with Crippen LogP contribution in [0.3, 0.4) is 0 Å². The van der Waals surface area contributed by atoms with Gasteiger partial charge in [-0.05, 0) is 70.2 Å². The summed E-state index contributed by atoms with van der Waals surface area (Å²) in [4.78, 5) is 27.1. The summed E-state index contributed by atoms with van der Waals surface area (Å²) in [7, 11) is -3.25. The van der Waals surface area contributed by atoms with Gasteiger partial charge in [-0.15, -0.1) is 11.8 Å². The third-order valence-corrected chi connectivity index (χ3v) is 10.2. The highest BCUT2D eigenvalue weighted by atomic mass is 32.3. The van der Waals surface area contributed by atoms with E-state index in [9.17, 15) is 18.7 Å². The minimum atomic E-state index is -3.25. The Bertz CT molecular complexity index is 1260. The smallest absolute Gasteiger partial charge is 0.331 e. The maximum absolute atomic E-state index is 12.8. The second kappa shape index (κ2) is 14.2. The molecular formula is C32H46N2O6S2. The van der Waals surface area contributed by atoms with E-state index in [1.807, 2.05) is 57.4 Å². The minimum Gasteiger partial charge on any atom is -0.478 e. The highest BCUT2D eigenvalue weighted by molar-refractivity contribution is 8.24. The van der Waals surface area contributed by atoms with Gasteiger partial charge in [0.25, 0.3) is 5.91 Å². The zero-order valence-electron chi connectivity index (χ0n) is 25.6. The summed E-state index contributed by atoms with van der Waals surface area (Å²) in [6.45, 7) is 10.7. The van der Waals surface area contributed by atoms with Crippen LogP contribution in [0.15, 0.2) is 58.5 Å². The number of unbranched alkanes of at least 4 members (excludes halogenated alkanes) is 2. The maximum Gasteiger partial charge on any atom is 0.331 e. The lowest BCUT2D eigenvalue weighted by Crippen LogP contribution is -2.40. The molecule has 10 heteroatoms. The number of aliphatic carboxylic acids is 1. The Morgan fingerprint density at radius 3 is 2.24 bits per heavy atom. The molecule has 0 aliphatic carbocycles. The van der Waals surface area contributed by atoms with Crippen molar-refractivity contribution < 1.29 is 28.5 Å². The zero-order chi connectivity index (χ0) is 31.1. The Kier molecular flexibility index (Phi) is 11.4. The van der Waals surface area contributed by atoms with E-state index in [4.69, 9.17) is 9.84 Å². The highest BCUT2D eigenvalue weighted by Crippen LogP contribution is 2.62. The summed E-state index contributed by atoms with van der Waals surface area (Å²) in [6.07, 6.45) is 9.55. The fourth-order valence-corrected chi connectivity index (χ4v) is 8.09. The lowest BCUT2D eigenvalue weighted by Gasteiger charge is -2.42. The van der Waals surface area contributed by atoms with E-state index >= 15 is 0 Å². The number of hydrogen-bond acceptors (Lipinski definition) is 7. The first kappa shape index (κ1) is 33.8. The van der Waals surface area contributed by atoms with E-state index in [0.717, 1.165) is 61.4 Å². The van der Waals surface area contributed by atoms with Crippen LogP contribution in [0.25, 0.3) is 0 Å². The molecule has 0 aromatic heterocycles. The Morgan fingerprint density at radius 1 is 1.10 bits per heavy atom. The predicted molar refractivity (Wildman–Crippen MR) is 174 cm³/mol. The first-order valence-electron chi connectivity index (χ1n) is 14.5. The van der Waals surface area contributed by atoms with E-state index in [-0.39, 0.29) is 22.6 Å². The molecule has 2 aromatic carbocycles. The average Bonchev–Trinajstić information content (AvgIpc) is 3.01. The van der Waals surface area contributed by atoms with Gasteiger partial charge >= 0.3 is 5.97 Å². The van der Waals surface area contributed by atoms with Crippen LogP contribution in [-0.4, -0.2) is 50.2 Å². The topological polar surface area (TPSA) is 119 Å². The zero-order valence-corrected chi connectivity index (χ0v) is 27.2. The first-order valence-corrected chi connectivity index (χ1v) is 17.4. The molecule has 0 saturated carbocycles. The van der Waals surface area contributed by atoms with Crippen molar-refractivity contribution in [2.75, 3.05) is 23.5 Å². The van der Waals surface area contributed by atoms with E-state index in [1.54, 1.807) is 6.07 Å². The van der Waals surface area contributed by atoms with Crippen LogP contribution in [0.4, 0.5) is 11.4 Å². The number of carboxylic acids is 1. The number of ether oxygens (including phenoxy) is 1. The third-order valence-electron chi connectivity index (χ3n) is 7.35. The lowest BCUT2D eigenvalue weighted by molar-refractivity contribution is -0.131. The van der Waals surface area contributed by atoms with Gasteiger partial charge in [-0.25, -0.2) is 4.79 Å². The number of hydrogen-bond donors (Lipinski definition) is 4. The molecule has 1 heterocycles. The average molecular weight is 619 g/mol. The second-order valence-corrected chi connectivity index (χ2v) is 15.0. The Hall–Kier alpha value is -2.66. The Balaban J connectivity index is 2.20. The monoisotopic (exact) mass is 618 g/mol. The van der Waals surface area contributed by atoms with E-state index in [0.29, 0.717) is 28.4 Å². The van der Waals surface area contributed by atoms with E-state index in [2.05, 4.69) is 24.1 Å². The van der Waals surface area contributed by atoms with Crippen LogP contribution in [-0.2, 0) is 4.79 Å². The quantitative estimate of drug-likeness (QED) is 0.106. The molecule has 0 fully saturated rings. The van der Waals surface area contributed by atoms with Gasteiger partial charge in [-0.2, -0.15) is 10.6 Å². The molecule has 0 unspecified atom stereocenters. The molecule has 0 bridgehead atoms. The van der Waals surface area contributed by atoms with Crippen molar-refractivity contribution in [2.24, 2.45) is 5.41 Å². The van der Waals surface area contributed by atoms with Crippen LogP contribution in [0.5, 0.6) is 5.75 Å². The maximum atomic E-state index is 12.8. The summed E-state index contributed by atoms with van der Waals surface area (Å²) >= 11 is 1.43. The van der Waals surface area contributed by atoms with Gasteiger partial charge in [-0.3, -0.25) is 13.9 Å². The molecular weight excluding hydrogens is 572 g/mol. The Labute approximate surface area is 256 Å². The molecule has 3 rings (SSSR count). The fourth-order valence-electron chi connectivity index (χ4n) is 5.36. The molecule has 0 atom stereocenters. The van der Waals surface area contributed by atoms with Gasteiger partial charge in [0, 0.05) is 40.6 Å². The van der Waals surface area contributed by atoms with E-state index in [1.165, 1.54) is 11.8 Å². The van der Waals surface area contributed by atoms with Gasteiger partial charge in [0.15, 0.2) is 0 Å². The molecule has 0 saturated heterocycles. The second-order valence-electron chi connectivity index (χ2n) is 12.1. The summed E-state index contributed by atoms with van der Waals surface area (Å²) < 4.78 is 29.3. The van der Waals surface area contributed by atoms with Crippen molar-refractivity contribution in [3.63, 3.8) is 0 Å². The van der Waals surface area contributed by atoms with Crippen LogP contribution >= 0.6 is 22.4 Å². The summed E-state index contributed by atoms with van der Waals surface area (Å²) in [5.41, 5.74) is 1.37. The summed E-state index contributed by atoms with van der Waals surface area (Å²) in [5.74, 6) is -0.691. The van der Waals surface area contributed by atoms with Crippen molar-refractivity contribution >= 4 is 45.6 Å². The summed E-state index contributed by atoms with van der Waals surface area (Å²) in [5, 5.41) is 12.0. The van der Waals surface area contributed by atoms with Crippen molar-refractivity contribution in [1.82, 2.24) is 5.32 Å². The largest absolute Gasteiger partial charge is 0.478 e. The van der Waals surface area contributed by atoms with Gasteiger partial charge in [0.05, 0.1) is 27.8 Å². The fraction of sp³-hybridized carbons (Fsp3) is 0.500. The van der Waals surface area contributed by atoms with Crippen molar-refractivity contribution in [3.8, 4) is 5.75 Å². The molecule has 8 nitrogen and oxygen atoms in total. The SMILES string of the molecule is CCCCC1(CCCC)CN(c2ccc(C(=O)NC(C)(C)C)cc2)c2cc(SC)c(O/C=C/C(=O)O)cc2S(O)(O)C1. The van der Waals surface area contributed by atoms with Crippen molar-refractivity contribution in [1.29, 1.82) is 0 Å². The third kappa shape index (κ3) is 8.69. The van der Waals surface area contributed by atoms with Crippen molar-refractivity contribution in [2.45, 2.75) is 88.5 Å². The van der Waals surface area contributed by atoms with Crippen molar-refractivity contribution in [3.05, 3.63) is 54.3 Å². The predicted octanol–water partition coefficient (Wildman–Crippen LogP) is 8.54. The standard InChI is InChI=1S/C32H46N2O6S2/c1-7-9-16-32(17-10-8-2)21-34(24-13-11-23(12-14-24)30(37)33-31(3,4)5)25-19-27(41-6)26(40-18-15-29(35)36)20-28(25)42(38,39)22-32/h11-15,18-20,38-39H,7-10,16-17,21-22H2,1-6H3,(H,33,37)(H,35,36)/b18-15+. The van der Waals surface area contributed by atoms with Crippen LogP contribution < -0.4 is 15.0 Å². The first-order chi connectivity index (χ1) is 19.7. The number of carbonyl (C=O) groups excluding carboxylic acids is 1. The lowest BCUT2D eigenvalue weighted by atomic mass is 9.79. The molecule has 1 aliphatic rings.